The average molecular weight is 229 g/mol. The van der Waals surface area contributed by atoms with Gasteiger partial charge >= 0.3 is 0 Å². The molecule has 0 spiro atoms. The van der Waals surface area contributed by atoms with Crippen LogP contribution in [0.1, 0.15) is 48.0 Å². The molecule has 3 rings (SSSR count). The van der Waals surface area contributed by atoms with Crippen LogP contribution in [0.25, 0.3) is 0 Å². The SMILES string of the molecule is O=C1CCCc2cc(N3CCCCC3)ccc21. The van der Waals surface area contributed by atoms with E-state index in [0.717, 1.165) is 24.8 Å². The fourth-order valence-corrected chi connectivity index (χ4v) is 2.98. The molecule has 90 valence electrons. The van der Waals surface area contributed by atoms with Crippen LogP contribution < -0.4 is 4.90 Å². The van der Waals surface area contributed by atoms with E-state index in [-0.39, 0.29) is 0 Å². The second kappa shape index (κ2) is 4.52. The number of hydrogen-bond donors (Lipinski definition) is 0. The number of ketones is 1. The summed E-state index contributed by atoms with van der Waals surface area (Å²) in [4.78, 5) is 14.2. The van der Waals surface area contributed by atoms with Crippen LogP contribution in [0.2, 0.25) is 0 Å². The number of carbonyl (C=O) groups is 1. The van der Waals surface area contributed by atoms with E-state index in [4.69, 9.17) is 0 Å². The van der Waals surface area contributed by atoms with Gasteiger partial charge in [0.15, 0.2) is 5.78 Å². The highest BCUT2D eigenvalue weighted by Crippen LogP contribution is 2.27. The minimum absolute atomic E-state index is 0.330. The molecule has 0 radical (unpaired) electrons. The number of nitrogens with zero attached hydrogens (tertiary/aromatic N) is 1. The number of piperidine rings is 1. The molecule has 0 atom stereocenters. The summed E-state index contributed by atoms with van der Waals surface area (Å²) in [6.45, 7) is 2.35. The van der Waals surface area contributed by atoms with Crippen LogP contribution in [0.5, 0.6) is 0 Å². The standard InChI is InChI=1S/C15H19NO/c17-15-6-4-5-12-11-13(7-8-14(12)15)16-9-2-1-3-10-16/h7-8,11H,1-6,9-10H2. The van der Waals surface area contributed by atoms with Gasteiger partial charge in [-0.25, -0.2) is 0 Å². The lowest BCUT2D eigenvalue weighted by molar-refractivity contribution is 0.0972. The van der Waals surface area contributed by atoms with Crippen molar-refractivity contribution in [2.75, 3.05) is 18.0 Å². The summed E-state index contributed by atoms with van der Waals surface area (Å²) in [5.74, 6) is 0.330. The Bertz CT molecular complexity index is 433. The number of anilines is 1. The van der Waals surface area contributed by atoms with E-state index in [0.29, 0.717) is 5.78 Å². The summed E-state index contributed by atoms with van der Waals surface area (Å²) < 4.78 is 0. The van der Waals surface area contributed by atoms with E-state index in [9.17, 15) is 4.79 Å². The molecular weight excluding hydrogens is 210 g/mol. The van der Waals surface area contributed by atoms with E-state index < -0.39 is 0 Å². The van der Waals surface area contributed by atoms with Gasteiger partial charge in [-0.15, -0.1) is 0 Å². The molecule has 1 heterocycles. The van der Waals surface area contributed by atoms with Crippen molar-refractivity contribution < 1.29 is 4.79 Å². The predicted molar refractivity (Wildman–Crippen MR) is 69.8 cm³/mol. The molecule has 2 nitrogen and oxygen atoms in total. The lowest BCUT2D eigenvalue weighted by atomic mass is 9.90. The fraction of sp³-hybridized carbons (Fsp3) is 0.533. The summed E-state index contributed by atoms with van der Waals surface area (Å²) in [6, 6.07) is 6.42. The monoisotopic (exact) mass is 229 g/mol. The van der Waals surface area contributed by atoms with E-state index in [2.05, 4.69) is 17.0 Å². The molecule has 0 aromatic heterocycles. The van der Waals surface area contributed by atoms with Crippen molar-refractivity contribution in [2.45, 2.75) is 38.5 Å². The van der Waals surface area contributed by atoms with E-state index in [1.807, 2.05) is 6.07 Å². The molecule has 1 aromatic rings. The Balaban J connectivity index is 1.89. The molecule has 1 aromatic carbocycles. The maximum absolute atomic E-state index is 11.8. The number of hydrogen-bond acceptors (Lipinski definition) is 2. The van der Waals surface area contributed by atoms with Crippen LogP contribution in [-0.4, -0.2) is 18.9 Å². The number of benzene rings is 1. The van der Waals surface area contributed by atoms with Gasteiger partial charge in [0, 0.05) is 30.8 Å². The van der Waals surface area contributed by atoms with Crippen LogP contribution in [0.3, 0.4) is 0 Å². The van der Waals surface area contributed by atoms with Gasteiger partial charge in [0.05, 0.1) is 0 Å². The van der Waals surface area contributed by atoms with Crippen molar-refractivity contribution in [3.05, 3.63) is 29.3 Å². The number of Topliss-reactive ketones (excluding diaryl/α,β-unsaturated/α-hetero) is 1. The Morgan fingerprint density at radius 1 is 0.941 bits per heavy atom. The molecule has 0 amide bonds. The van der Waals surface area contributed by atoms with Gasteiger partial charge in [-0.1, -0.05) is 0 Å². The molecule has 1 aliphatic carbocycles. The van der Waals surface area contributed by atoms with Crippen LogP contribution >= 0.6 is 0 Å². The summed E-state index contributed by atoms with van der Waals surface area (Å²) in [6.07, 6.45) is 6.79. The molecular formula is C15H19NO. The van der Waals surface area contributed by atoms with Crippen LogP contribution in [0.4, 0.5) is 5.69 Å². The third kappa shape index (κ3) is 2.08. The normalized spacial score (nSPS) is 20.2. The quantitative estimate of drug-likeness (QED) is 0.737. The minimum atomic E-state index is 0.330. The highest BCUT2D eigenvalue weighted by molar-refractivity contribution is 5.98. The van der Waals surface area contributed by atoms with Gasteiger partial charge in [0.2, 0.25) is 0 Å². The first kappa shape index (κ1) is 10.8. The lowest BCUT2D eigenvalue weighted by Crippen LogP contribution is -2.29. The Morgan fingerprint density at radius 3 is 2.59 bits per heavy atom. The molecule has 2 heteroatoms. The van der Waals surface area contributed by atoms with Gasteiger partial charge in [-0.2, -0.15) is 0 Å². The third-order valence-electron chi connectivity index (χ3n) is 3.96. The average Bonchev–Trinajstić information content (AvgIpc) is 2.40. The van der Waals surface area contributed by atoms with Crippen molar-refractivity contribution in [1.29, 1.82) is 0 Å². The molecule has 1 aliphatic heterocycles. The fourth-order valence-electron chi connectivity index (χ4n) is 2.98. The zero-order valence-electron chi connectivity index (χ0n) is 10.2. The first-order valence-electron chi connectivity index (χ1n) is 6.76. The Kier molecular flexibility index (Phi) is 2.87. The molecule has 17 heavy (non-hydrogen) atoms. The van der Waals surface area contributed by atoms with E-state index in [1.165, 1.54) is 43.6 Å². The number of rotatable bonds is 1. The maximum atomic E-state index is 11.8. The second-order valence-corrected chi connectivity index (χ2v) is 5.17. The van der Waals surface area contributed by atoms with Crippen LogP contribution in [-0.2, 0) is 6.42 Å². The highest BCUT2D eigenvalue weighted by atomic mass is 16.1. The zero-order chi connectivity index (χ0) is 11.7. The topological polar surface area (TPSA) is 20.3 Å². The van der Waals surface area contributed by atoms with Crippen molar-refractivity contribution in [3.8, 4) is 0 Å². The first-order valence-corrected chi connectivity index (χ1v) is 6.76. The predicted octanol–water partition coefficient (Wildman–Crippen LogP) is 3.20. The minimum Gasteiger partial charge on any atom is -0.372 e. The van der Waals surface area contributed by atoms with Gasteiger partial charge in [0.25, 0.3) is 0 Å². The van der Waals surface area contributed by atoms with Crippen molar-refractivity contribution in [1.82, 2.24) is 0 Å². The maximum Gasteiger partial charge on any atom is 0.163 e. The van der Waals surface area contributed by atoms with Crippen LogP contribution in [0.15, 0.2) is 18.2 Å². The molecule has 0 saturated carbocycles. The number of fused-ring (bicyclic) bond motifs is 1. The van der Waals surface area contributed by atoms with E-state index in [1.54, 1.807) is 0 Å². The summed E-state index contributed by atoms with van der Waals surface area (Å²) >= 11 is 0. The highest BCUT2D eigenvalue weighted by Gasteiger charge is 2.19. The molecule has 2 aliphatic rings. The van der Waals surface area contributed by atoms with Gasteiger partial charge in [0.1, 0.15) is 0 Å². The largest absolute Gasteiger partial charge is 0.372 e. The molecule has 0 bridgehead atoms. The van der Waals surface area contributed by atoms with Crippen molar-refractivity contribution in [3.63, 3.8) is 0 Å². The molecule has 0 unspecified atom stereocenters. The second-order valence-electron chi connectivity index (χ2n) is 5.17. The first-order chi connectivity index (χ1) is 8.34. The third-order valence-corrected chi connectivity index (χ3v) is 3.96. The number of carbonyl (C=O) groups excluding carboxylic acids is 1. The molecule has 1 saturated heterocycles. The Labute approximate surface area is 103 Å². The van der Waals surface area contributed by atoms with Gasteiger partial charge in [-0.05, 0) is 55.9 Å². The van der Waals surface area contributed by atoms with Crippen LogP contribution in [0, 0.1) is 0 Å². The zero-order valence-corrected chi connectivity index (χ0v) is 10.2. The van der Waals surface area contributed by atoms with Crippen molar-refractivity contribution in [2.24, 2.45) is 0 Å². The van der Waals surface area contributed by atoms with E-state index >= 15 is 0 Å². The summed E-state index contributed by atoms with van der Waals surface area (Å²) in [5.41, 5.74) is 3.56. The van der Waals surface area contributed by atoms with Gasteiger partial charge in [-0.3, -0.25) is 4.79 Å². The Hall–Kier alpha value is -1.31. The molecule has 1 fully saturated rings. The summed E-state index contributed by atoms with van der Waals surface area (Å²) in [7, 11) is 0. The Morgan fingerprint density at radius 2 is 1.76 bits per heavy atom. The number of aryl methyl sites for hydroxylation is 1. The van der Waals surface area contributed by atoms with Gasteiger partial charge < -0.3 is 4.90 Å². The van der Waals surface area contributed by atoms with Crippen molar-refractivity contribution >= 4 is 11.5 Å². The molecule has 0 N–H and O–H groups in total. The summed E-state index contributed by atoms with van der Waals surface area (Å²) in [5, 5.41) is 0. The smallest absolute Gasteiger partial charge is 0.163 e. The lowest BCUT2D eigenvalue weighted by Gasteiger charge is -2.30.